The molecule has 0 unspecified atom stereocenters. The Morgan fingerprint density at radius 1 is 1.12 bits per heavy atom. The molecule has 1 aromatic heterocycles. The Morgan fingerprint density at radius 2 is 1.96 bits per heavy atom. The fourth-order valence-corrected chi connectivity index (χ4v) is 2.77. The van der Waals surface area contributed by atoms with Crippen LogP contribution in [0.15, 0.2) is 66.4 Å². The number of benzene rings is 1. The van der Waals surface area contributed by atoms with E-state index in [1.165, 1.54) is 11.1 Å². The van der Waals surface area contributed by atoms with Crippen LogP contribution in [-0.2, 0) is 0 Å². The van der Waals surface area contributed by atoms with Crippen molar-refractivity contribution >= 4 is 5.57 Å². The smallest absolute Gasteiger partial charge is 0.119 e. The maximum Gasteiger partial charge on any atom is 0.119 e. The van der Waals surface area contributed by atoms with Gasteiger partial charge >= 0.3 is 0 Å². The molecule has 124 valence electrons. The zero-order valence-corrected chi connectivity index (χ0v) is 14.2. The zero-order valence-electron chi connectivity index (χ0n) is 14.2. The lowest BCUT2D eigenvalue weighted by Gasteiger charge is -2.09. The Bertz CT molecular complexity index is 766. The number of methoxy groups -OCH3 is 1. The molecule has 0 saturated heterocycles. The largest absolute Gasteiger partial charge is 0.497 e. The SMILES string of the molecule is CNCCC1=CCC=C(c2ccnn2-c2ccc(OC)cc2)C=C1. The monoisotopic (exact) mass is 321 g/mol. The van der Waals surface area contributed by atoms with Gasteiger partial charge in [-0.25, -0.2) is 4.68 Å². The first-order valence-electron chi connectivity index (χ1n) is 8.22. The van der Waals surface area contributed by atoms with Gasteiger partial charge in [0, 0.05) is 0 Å². The fourth-order valence-electron chi connectivity index (χ4n) is 2.77. The summed E-state index contributed by atoms with van der Waals surface area (Å²) in [6.45, 7) is 0.995. The van der Waals surface area contributed by atoms with Crippen LogP contribution in [0.2, 0.25) is 0 Å². The number of allylic oxidation sites excluding steroid dienone is 5. The van der Waals surface area contributed by atoms with Gasteiger partial charge in [0.25, 0.3) is 0 Å². The number of hydrogen-bond acceptors (Lipinski definition) is 3. The summed E-state index contributed by atoms with van der Waals surface area (Å²) in [5, 5.41) is 7.69. The van der Waals surface area contributed by atoms with Gasteiger partial charge in [-0.3, -0.25) is 0 Å². The van der Waals surface area contributed by atoms with Crippen LogP contribution in [0.25, 0.3) is 11.3 Å². The predicted octanol–water partition coefficient (Wildman–Crippen LogP) is 3.76. The molecule has 1 aliphatic carbocycles. The van der Waals surface area contributed by atoms with E-state index in [4.69, 9.17) is 4.74 Å². The second-order valence-corrected chi connectivity index (χ2v) is 5.69. The fraction of sp³-hybridized carbons (Fsp3) is 0.250. The van der Waals surface area contributed by atoms with Gasteiger partial charge in [0.15, 0.2) is 0 Å². The summed E-state index contributed by atoms with van der Waals surface area (Å²) in [6, 6.07) is 10.0. The molecule has 2 aromatic rings. The van der Waals surface area contributed by atoms with Crippen molar-refractivity contribution in [3.8, 4) is 11.4 Å². The van der Waals surface area contributed by atoms with Crippen molar-refractivity contribution in [1.29, 1.82) is 0 Å². The van der Waals surface area contributed by atoms with E-state index in [-0.39, 0.29) is 0 Å². The normalized spacial score (nSPS) is 14.1. The minimum Gasteiger partial charge on any atom is -0.497 e. The predicted molar refractivity (Wildman–Crippen MR) is 98.5 cm³/mol. The molecule has 0 amide bonds. The maximum atomic E-state index is 5.23. The molecule has 1 heterocycles. The highest BCUT2D eigenvalue weighted by molar-refractivity contribution is 5.74. The van der Waals surface area contributed by atoms with Crippen LogP contribution in [0.4, 0.5) is 0 Å². The molecule has 1 N–H and O–H groups in total. The first-order chi connectivity index (χ1) is 11.8. The number of hydrogen-bond donors (Lipinski definition) is 1. The Morgan fingerprint density at radius 3 is 2.71 bits per heavy atom. The lowest BCUT2D eigenvalue weighted by atomic mass is 10.1. The van der Waals surface area contributed by atoms with Gasteiger partial charge in [0.05, 0.1) is 24.7 Å². The Hall–Kier alpha value is -2.59. The van der Waals surface area contributed by atoms with Crippen molar-refractivity contribution in [2.45, 2.75) is 12.8 Å². The minimum atomic E-state index is 0.847. The summed E-state index contributed by atoms with van der Waals surface area (Å²) in [7, 11) is 3.66. The summed E-state index contributed by atoms with van der Waals surface area (Å²) < 4.78 is 7.20. The van der Waals surface area contributed by atoms with Crippen molar-refractivity contribution < 1.29 is 4.74 Å². The third-order valence-corrected chi connectivity index (χ3v) is 4.11. The molecule has 0 bridgehead atoms. The second-order valence-electron chi connectivity index (χ2n) is 5.69. The molecule has 0 radical (unpaired) electrons. The van der Waals surface area contributed by atoms with Crippen molar-refractivity contribution in [2.75, 3.05) is 20.7 Å². The molecule has 1 aromatic carbocycles. The van der Waals surface area contributed by atoms with Crippen LogP contribution in [0, 0.1) is 0 Å². The summed E-state index contributed by atoms with van der Waals surface area (Å²) in [5.41, 5.74) is 4.68. The van der Waals surface area contributed by atoms with E-state index < -0.39 is 0 Å². The maximum absolute atomic E-state index is 5.23. The highest BCUT2D eigenvalue weighted by atomic mass is 16.5. The number of nitrogens with zero attached hydrogens (tertiary/aromatic N) is 2. The van der Waals surface area contributed by atoms with Crippen LogP contribution in [0.1, 0.15) is 18.5 Å². The van der Waals surface area contributed by atoms with Gasteiger partial charge < -0.3 is 10.1 Å². The van der Waals surface area contributed by atoms with E-state index in [0.29, 0.717) is 0 Å². The van der Waals surface area contributed by atoms with Crippen molar-refractivity contribution in [3.05, 3.63) is 72.1 Å². The van der Waals surface area contributed by atoms with Gasteiger partial charge in [0.2, 0.25) is 0 Å². The van der Waals surface area contributed by atoms with Gasteiger partial charge in [-0.2, -0.15) is 5.10 Å². The van der Waals surface area contributed by atoms with E-state index in [1.54, 1.807) is 7.11 Å². The standard InChI is InChI=1S/C20H23N3O/c1-21-14-12-16-4-3-5-17(7-6-16)20-13-15-22-23(20)18-8-10-19(24-2)11-9-18/h4-11,13,15,21H,3,12,14H2,1-2H3. The van der Waals surface area contributed by atoms with Crippen LogP contribution >= 0.6 is 0 Å². The van der Waals surface area contributed by atoms with Gasteiger partial charge in [-0.15, -0.1) is 0 Å². The number of rotatable bonds is 6. The highest BCUT2D eigenvalue weighted by Crippen LogP contribution is 2.24. The molecule has 0 fully saturated rings. The van der Waals surface area contributed by atoms with E-state index in [9.17, 15) is 0 Å². The summed E-state index contributed by atoms with van der Waals surface area (Å²) in [4.78, 5) is 0. The van der Waals surface area contributed by atoms with Gasteiger partial charge in [-0.05, 0) is 62.3 Å². The zero-order chi connectivity index (χ0) is 16.8. The summed E-state index contributed by atoms with van der Waals surface area (Å²) >= 11 is 0. The number of nitrogens with one attached hydrogen (secondary N) is 1. The van der Waals surface area contributed by atoms with E-state index in [1.807, 2.05) is 42.2 Å². The molecule has 3 rings (SSSR count). The van der Waals surface area contributed by atoms with Crippen LogP contribution in [0.3, 0.4) is 0 Å². The third kappa shape index (κ3) is 3.66. The molecule has 0 atom stereocenters. The van der Waals surface area contributed by atoms with Crippen LogP contribution in [-0.4, -0.2) is 30.5 Å². The van der Waals surface area contributed by atoms with E-state index in [0.717, 1.165) is 36.5 Å². The minimum absolute atomic E-state index is 0.847. The molecular formula is C20H23N3O. The Balaban J connectivity index is 1.84. The Labute approximate surface area is 143 Å². The molecule has 0 saturated carbocycles. The molecule has 1 aliphatic rings. The average molecular weight is 321 g/mol. The summed E-state index contributed by atoms with van der Waals surface area (Å²) in [5.74, 6) is 0.847. The van der Waals surface area contributed by atoms with E-state index >= 15 is 0 Å². The molecule has 24 heavy (non-hydrogen) atoms. The molecule has 4 nitrogen and oxygen atoms in total. The van der Waals surface area contributed by atoms with Crippen LogP contribution < -0.4 is 10.1 Å². The molecular weight excluding hydrogens is 298 g/mol. The summed E-state index contributed by atoms with van der Waals surface area (Å²) in [6.07, 6.45) is 12.8. The van der Waals surface area contributed by atoms with Gasteiger partial charge in [-0.1, -0.05) is 29.9 Å². The quantitative estimate of drug-likeness (QED) is 0.880. The number of ether oxygens (including phenoxy) is 1. The molecule has 4 heteroatoms. The topological polar surface area (TPSA) is 39.1 Å². The number of aromatic nitrogens is 2. The second kappa shape index (κ2) is 7.79. The first-order valence-corrected chi connectivity index (χ1v) is 8.22. The average Bonchev–Trinajstić information content (AvgIpc) is 2.99. The lowest BCUT2D eigenvalue weighted by molar-refractivity contribution is 0.414. The van der Waals surface area contributed by atoms with Crippen LogP contribution in [0.5, 0.6) is 5.75 Å². The van der Waals surface area contributed by atoms with Crippen molar-refractivity contribution in [3.63, 3.8) is 0 Å². The van der Waals surface area contributed by atoms with Crippen molar-refractivity contribution in [1.82, 2.24) is 15.1 Å². The Kier molecular flexibility index (Phi) is 5.29. The van der Waals surface area contributed by atoms with Crippen molar-refractivity contribution in [2.24, 2.45) is 0 Å². The molecule has 0 spiro atoms. The highest BCUT2D eigenvalue weighted by Gasteiger charge is 2.09. The van der Waals surface area contributed by atoms with E-state index in [2.05, 4.69) is 40.8 Å². The molecule has 0 aliphatic heterocycles. The first kappa shape index (κ1) is 16.3. The third-order valence-electron chi connectivity index (χ3n) is 4.11. The van der Waals surface area contributed by atoms with Gasteiger partial charge in [0.1, 0.15) is 5.75 Å². The lowest BCUT2D eigenvalue weighted by Crippen LogP contribution is -2.07.